The molecular formula is C14H17ClN4. The summed E-state index contributed by atoms with van der Waals surface area (Å²) in [6.07, 6.45) is 3.82. The standard InChI is InChI=1S/C14H17ClN4/c15-13-7-11(9-16)8-14(17-13)19-6-3-12(10-19)18-4-1-2-5-18/h7-8,12H,1-6,10H2. The third kappa shape index (κ3) is 2.68. The minimum Gasteiger partial charge on any atom is -0.355 e. The van der Waals surface area contributed by atoms with Gasteiger partial charge in [0.2, 0.25) is 0 Å². The third-order valence-corrected chi connectivity index (χ3v) is 4.25. The van der Waals surface area contributed by atoms with E-state index in [2.05, 4.69) is 20.9 Å². The first-order chi connectivity index (χ1) is 9.26. The van der Waals surface area contributed by atoms with Crippen molar-refractivity contribution < 1.29 is 0 Å². The molecule has 1 aromatic heterocycles. The minimum atomic E-state index is 0.402. The predicted octanol–water partition coefficient (Wildman–Crippen LogP) is 2.28. The molecular weight excluding hydrogens is 260 g/mol. The van der Waals surface area contributed by atoms with Gasteiger partial charge in [0.25, 0.3) is 0 Å². The summed E-state index contributed by atoms with van der Waals surface area (Å²) >= 11 is 5.97. The highest BCUT2D eigenvalue weighted by atomic mass is 35.5. The molecule has 2 fully saturated rings. The van der Waals surface area contributed by atoms with Crippen LogP contribution in [0.4, 0.5) is 5.82 Å². The van der Waals surface area contributed by atoms with Crippen molar-refractivity contribution in [1.82, 2.24) is 9.88 Å². The van der Waals surface area contributed by atoms with Gasteiger partial charge in [0, 0.05) is 19.1 Å². The molecule has 0 aliphatic carbocycles. The fourth-order valence-electron chi connectivity index (χ4n) is 3.06. The van der Waals surface area contributed by atoms with Crippen molar-refractivity contribution >= 4 is 17.4 Å². The number of hydrogen-bond acceptors (Lipinski definition) is 4. The van der Waals surface area contributed by atoms with Crippen molar-refractivity contribution in [2.75, 3.05) is 31.1 Å². The van der Waals surface area contributed by atoms with Crippen molar-refractivity contribution in [2.45, 2.75) is 25.3 Å². The van der Waals surface area contributed by atoms with Crippen LogP contribution in [-0.4, -0.2) is 42.1 Å². The van der Waals surface area contributed by atoms with Gasteiger partial charge >= 0.3 is 0 Å². The molecule has 5 heteroatoms. The first-order valence-electron chi connectivity index (χ1n) is 6.83. The molecule has 1 unspecified atom stereocenters. The summed E-state index contributed by atoms with van der Waals surface area (Å²) in [6, 6.07) is 6.21. The summed E-state index contributed by atoms with van der Waals surface area (Å²) in [5.41, 5.74) is 0.583. The molecule has 1 aromatic rings. The van der Waals surface area contributed by atoms with Gasteiger partial charge in [0.05, 0.1) is 11.6 Å². The number of rotatable bonds is 2. The Morgan fingerprint density at radius 3 is 2.79 bits per heavy atom. The molecule has 0 amide bonds. The summed E-state index contributed by atoms with van der Waals surface area (Å²) < 4.78 is 0. The van der Waals surface area contributed by atoms with Crippen LogP contribution in [0.25, 0.3) is 0 Å². The maximum absolute atomic E-state index is 8.99. The van der Waals surface area contributed by atoms with Gasteiger partial charge in [-0.2, -0.15) is 5.26 Å². The number of anilines is 1. The maximum atomic E-state index is 8.99. The average molecular weight is 277 g/mol. The van der Waals surface area contributed by atoms with E-state index in [1.165, 1.54) is 32.4 Å². The Labute approximate surface area is 118 Å². The van der Waals surface area contributed by atoms with Crippen molar-refractivity contribution in [2.24, 2.45) is 0 Å². The molecule has 4 nitrogen and oxygen atoms in total. The van der Waals surface area contributed by atoms with E-state index in [0.717, 1.165) is 18.9 Å². The molecule has 2 saturated heterocycles. The number of likely N-dealkylation sites (tertiary alicyclic amines) is 1. The molecule has 2 aliphatic rings. The van der Waals surface area contributed by atoms with Crippen LogP contribution in [0.5, 0.6) is 0 Å². The summed E-state index contributed by atoms with van der Waals surface area (Å²) in [4.78, 5) is 9.17. The van der Waals surface area contributed by atoms with E-state index in [1.54, 1.807) is 6.07 Å². The number of pyridine rings is 1. The van der Waals surface area contributed by atoms with E-state index in [9.17, 15) is 0 Å². The van der Waals surface area contributed by atoms with E-state index >= 15 is 0 Å². The lowest BCUT2D eigenvalue weighted by Crippen LogP contribution is -2.35. The quantitative estimate of drug-likeness (QED) is 0.778. The van der Waals surface area contributed by atoms with Crippen LogP contribution in [0, 0.1) is 11.3 Å². The van der Waals surface area contributed by atoms with Crippen LogP contribution in [0.15, 0.2) is 12.1 Å². The lowest BCUT2D eigenvalue weighted by molar-refractivity contribution is 0.260. The molecule has 19 heavy (non-hydrogen) atoms. The lowest BCUT2D eigenvalue weighted by atomic mass is 10.2. The Hall–Kier alpha value is -1.31. The zero-order valence-electron chi connectivity index (χ0n) is 10.8. The second-order valence-electron chi connectivity index (χ2n) is 5.28. The smallest absolute Gasteiger partial charge is 0.132 e. The molecule has 0 radical (unpaired) electrons. The molecule has 0 N–H and O–H groups in total. The van der Waals surface area contributed by atoms with Gasteiger partial charge in [0.1, 0.15) is 11.0 Å². The molecule has 1 atom stereocenters. The van der Waals surface area contributed by atoms with E-state index < -0.39 is 0 Å². The summed E-state index contributed by atoms with van der Waals surface area (Å²) in [5, 5.41) is 9.39. The Morgan fingerprint density at radius 2 is 2.05 bits per heavy atom. The van der Waals surface area contributed by atoms with Crippen LogP contribution in [0.1, 0.15) is 24.8 Å². The van der Waals surface area contributed by atoms with Gasteiger partial charge in [-0.25, -0.2) is 4.98 Å². The number of hydrogen-bond donors (Lipinski definition) is 0. The number of nitrogens with zero attached hydrogens (tertiary/aromatic N) is 4. The van der Waals surface area contributed by atoms with E-state index in [1.807, 2.05) is 6.07 Å². The summed E-state index contributed by atoms with van der Waals surface area (Å²) in [6.45, 7) is 4.45. The van der Waals surface area contributed by atoms with Crippen molar-refractivity contribution in [3.8, 4) is 6.07 Å². The SMILES string of the molecule is N#Cc1cc(Cl)nc(N2CCC(N3CCCC3)C2)c1. The number of nitriles is 1. The van der Waals surface area contributed by atoms with Gasteiger partial charge in [-0.3, -0.25) is 4.90 Å². The Morgan fingerprint density at radius 1 is 1.26 bits per heavy atom. The first kappa shape index (κ1) is 12.7. The highest BCUT2D eigenvalue weighted by Crippen LogP contribution is 2.25. The zero-order chi connectivity index (χ0) is 13.2. The number of aromatic nitrogens is 1. The number of halogens is 1. The molecule has 0 spiro atoms. The van der Waals surface area contributed by atoms with E-state index in [-0.39, 0.29) is 0 Å². The van der Waals surface area contributed by atoms with Crippen LogP contribution >= 0.6 is 11.6 Å². The van der Waals surface area contributed by atoms with Crippen molar-refractivity contribution in [3.63, 3.8) is 0 Å². The largest absolute Gasteiger partial charge is 0.355 e. The first-order valence-corrected chi connectivity index (χ1v) is 7.21. The monoisotopic (exact) mass is 276 g/mol. The van der Waals surface area contributed by atoms with Crippen LogP contribution < -0.4 is 4.90 Å². The normalized spacial score (nSPS) is 23.8. The highest BCUT2D eigenvalue weighted by molar-refractivity contribution is 6.29. The van der Waals surface area contributed by atoms with Crippen LogP contribution in [0.2, 0.25) is 5.15 Å². The highest BCUT2D eigenvalue weighted by Gasteiger charge is 2.29. The molecule has 0 aromatic carbocycles. The molecule has 0 saturated carbocycles. The van der Waals surface area contributed by atoms with Gasteiger partial charge in [-0.15, -0.1) is 0 Å². The zero-order valence-corrected chi connectivity index (χ0v) is 11.6. The molecule has 3 rings (SSSR count). The predicted molar refractivity (Wildman–Crippen MR) is 75.4 cm³/mol. The molecule has 0 bridgehead atoms. The molecule has 2 aliphatic heterocycles. The van der Waals surface area contributed by atoms with Gasteiger partial charge in [-0.1, -0.05) is 11.6 Å². The fraction of sp³-hybridized carbons (Fsp3) is 0.571. The second kappa shape index (κ2) is 5.36. The van der Waals surface area contributed by atoms with Crippen molar-refractivity contribution in [1.29, 1.82) is 5.26 Å². The summed E-state index contributed by atoms with van der Waals surface area (Å²) in [5.74, 6) is 0.839. The van der Waals surface area contributed by atoms with Crippen molar-refractivity contribution in [3.05, 3.63) is 22.8 Å². The summed E-state index contributed by atoms with van der Waals surface area (Å²) in [7, 11) is 0. The Bertz CT molecular complexity index is 505. The topological polar surface area (TPSA) is 43.2 Å². The van der Waals surface area contributed by atoms with Gasteiger partial charge < -0.3 is 4.90 Å². The van der Waals surface area contributed by atoms with Gasteiger partial charge in [0.15, 0.2) is 0 Å². The van der Waals surface area contributed by atoms with Crippen LogP contribution in [-0.2, 0) is 0 Å². The van der Waals surface area contributed by atoms with Gasteiger partial charge in [-0.05, 0) is 44.5 Å². The second-order valence-corrected chi connectivity index (χ2v) is 5.67. The Balaban J connectivity index is 1.73. The minimum absolute atomic E-state index is 0.402. The maximum Gasteiger partial charge on any atom is 0.132 e. The molecule has 100 valence electrons. The third-order valence-electron chi connectivity index (χ3n) is 4.05. The van der Waals surface area contributed by atoms with E-state index in [0.29, 0.717) is 16.8 Å². The lowest BCUT2D eigenvalue weighted by Gasteiger charge is -2.24. The average Bonchev–Trinajstić information content (AvgIpc) is 3.08. The van der Waals surface area contributed by atoms with E-state index in [4.69, 9.17) is 16.9 Å². The van der Waals surface area contributed by atoms with Crippen LogP contribution in [0.3, 0.4) is 0 Å². The fourth-order valence-corrected chi connectivity index (χ4v) is 3.27. The Kier molecular flexibility index (Phi) is 3.58. The molecule has 3 heterocycles.